The maximum absolute atomic E-state index is 13.7. The Morgan fingerprint density at radius 1 is 0.889 bits per heavy atom. The topological polar surface area (TPSA) is 113 Å². The van der Waals surface area contributed by atoms with Gasteiger partial charge in [0.2, 0.25) is 11.0 Å². The molecule has 5 rings (SSSR count). The molecule has 11 heteroatoms. The number of hydrazine groups is 1. The van der Waals surface area contributed by atoms with Crippen LogP contribution in [0.4, 0.5) is 17.1 Å². The second-order valence-electron chi connectivity index (χ2n) is 10.1. The average Bonchev–Trinajstić information content (AvgIpc) is 3.07. The SMILES string of the molecule is COc1ccc(C=Nc2ccc(C(=O)NN3C(=O)C(CNc4ccccc4C)C(=O)N(c4ccccc4)C3=S)cc2)cc1OC. The van der Waals surface area contributed by atoms with Crippen molar-refractivity contribution in [3.8, 4) is 11.5 Å². The summed E-state index contributed by atoms with van der Waals surface area (Å²) in [6, 6.07) is 28.3. The summed E-state index contributed by atoms with van der Waals surface area (Å²) in [7, 11) is 3.13. The van der Waals surface area contributed by atoms with Gasteiger partial charge in [0.1, 0.15) is 5.92 Å². The lowest BCUT2D eigenvalue weighted by Gasteiger charge is -2.39. The Morgan fingerprint density at radius 3 is 2.27 bits per heavy atom. The molecule has 3 amide bonds. The highest BCUT2D eigenvalue weighted by Crippen LogP contribution is 2.28. The van der Waals surface area contributed by atoms with Gasteiger partial charge in [-0.25, -0.2) is 0 Å². The van der Waals surface area contributed by atoms with Gasteiger partial charge in [0.25, 0.3) is 11.8 Å². The number of methoxy groups -OCH3 is 2. The summed E-state index contributed by atoms with van der Waals surface area (Å²) in [5.41, 5.74) is 6.53. The van der Waals surface area contributed by atoms with Gasteiger partial charge in [-0.1, -0.05) is 36.4 Å². The number of carbonyl (C=O) groups excluding carboxylic acids is 3. The van der Waals surface area contributed by atoms with Gasteiger partial charge in [0.15, 0.2) is 11.5 Å². The minimum atomic E-state index is -1.15. The molecular weight excluding hydrogens is 590 g/mol. The van der Waals surface area contributed by atoms with E-state index in [0.717, 1.165) is 21.8 Å². The van der Waals surface area contributed by atoms with E-state index in [1.54, 1.807) is 81.1 Å². The molecule has 4 aromatic carbocycles. The second-order valence-corrected chi connectivity index (χ2v) is 10.4. The van der Waals surface area contributed by atoms with Gasteiger partial charge in [-0.15, -0.1) is 0 Å². The molecule has 10 nitrogen and oxygen atoms in total. The highest BCUT2D eigenvalue weighted by Gasteiger charge is 2.45. The number of aryl methyl sites for hydroxylation is 1. The third-order valence-corrected chi connectivity index (χ3v) is 7.55. The normalized spacial score (nSPS) is 14.9. The molecule has 1 atom stereocenters. The average molecular weight is 622 g/mol. The molecule has 0 aliphatic carbocycles. The van der Waals surface area contributed by atoms with Crippen LogP contribution in [0.3, 0.4) is 0 Å². The van der Waals surface area contributed by atoms with Crippen LogP contribution in [0.25, 0.3) is 0 Å². The third kappa shape index (κ3) is 6.84. The van der Waals surface area contributed by atoms with Gasteiger partial charge in [-0.2, -0.15) is 5.01 Å². The van der Waals surface area contributed by atoms with Crippen molar-refractivity contribution in [2.75, 3.05) is 31.0 Å². The van der Waals surface area contributed by atoms with Crippen LogP contribution in [-0.2, 0) is 9.59 Å². The van der Waals surface area contributed by atoms with Crippen molar-refractivity contribution < 1.29 is 23.9 Å². The van der Waals surface area contributed by atoms with E-state index >= 15 is 0 Å². The van der Waals surface area contributed by atoms with E-state index in [-0.39, 0.29) is 17.2 Å². The zero-order chi connectivity index (χ0) is 31.9. The van der Waals surface area contributed by atoms with Crippen LogP contribution in [0, 0.1) is 12.8 Å². The number of carbonyl (C=O) groups is 3. The molecule has 1 aliphatic rings. The van der Waals surface area contributed by atoms with Crippen LogP contribution in [0.1, 0.15) is 21.5 Å². The van der Waals surface area contributed by atoms with Gasteiger partial charge in [-0.3, -0.25) is 29.7 Å². The molecule has 1 saturated heterocycles. The van der Waals surface area contributed by atoms with Crippen LogP contribution < -0.4 is 25.1 Å². The first-order chi connectivity index (χ1) is 21.8. The molecule has 1 aliphatic heterocycles. The fourth-order valence-corrected chi connectivity index (χ4v) is 5.06. The molecule has 0 radical (unpaired) electrons. The van der Waals surface area contributed by atoms with Crippen molar-refractivity contribution >= 4 is 58.3 Å². The lowest BCUT2D eigenvalue weighted by Crippen LogP contribution is -2.65. The highest BCUT2D eigenvalue weighted by atomic mass is 32.1. The van der Waals surface area contributed by atoms with E-state index in [1.807, 2.05) is 43.3 Å². The van der Waals surface area contributed by atoms with Crippen LogP contribution in [0.2, 0.25) is 0 Å². The van der Waals surface area contributed by atoms with E-state index in [9.17, 15) is 14.4 Å². The largest absolute Gasteiger partial charge is 0.493 e. The fourth-order valence-electron chi connectivity index (χ4n) is 4.73. The molecule has 4 aromatic rings. The van der Waals surface area contributed by atoms with Crippen LogP contribution in [0.15, 0.2) is 102 Å². The Bertz CT molecular complexity index is 1760. The number of benzene rings is 4. The van der Waals surface area contributed by atoms with Crippen LogP contribution in [0.5, 0.6) is 11.5 Å². The standard InChI is InChI=1S/C34H31N5O5S/c1-22-9-7-8-12-28(22)36-21-27-32(41)38(26-10-5-4-6-11-26)34(45)39(33(27)42)37-31(40)24-14-16-25(17-15-24)35-20-23-13-18-29(43-2)30(19-23)44-3/h4-20,27,36H,21H2,1-3H3,(H,37,40). The lowest BCUT2D eigenvalue weighted by molar-refractivity contribution is -0.140. The molecule has 45 heavy (non-hydrogen) atoms. The first-order valence-corrected chi connectivity index (χ1v) is 14.4. The Labute approximate surface area is 266 Å². The number of nitrogens with zero attached hydrogens (tertiary/aromatic N) is 3. The Morgan fingerprint density at radius 2 is 1.58 bits per heavy atom. The summed E-state index contributed by atoms with van der Waals surface area (Å²) >= 11 is 5.58. The van der Waals surface area contributed by atoms with E-state index in [2.05, 4.69) is 15.7 Å². The number of hydrogen-bond donors (Lipinski definition) is 2. The second kappa shape index (κ2) is 13.8. The number of rotatable bonds is 10. The first-order valence-electron chi connectivity index (χ1n) is 14.0. The van der Waals surface area contributed by atoms with Crippen molar-refractivity contribution in [3.05, 3.63) is 114 Å². The lowest BCUT2D eigenvalue weighted by atomic mass is 10.0. The summed E-state index contributed by atoms with van der Waals surface area (Å²) in [4.78, 5) is 46.4. The predicted octanol–water partition coefficient (Wildman–Crippen LogP) is 5.30. The van der Waals surface area contributed by atoms with Crippen molar-refractivity contribution in [1.29, 1.82) is 0 Å². The molecule has 0 saturated carbocycles. The summed E-state index contributed by atoms with van der Waals surface area (Å²) in [6.07, 6.45) is 1.67. The number of para-hydroxylation sites is 2. The Kier molecular flexibility index (Phi) is 9.49. The van der Waals surface area contributed by atoms with Gasteiger partial charge < -0.3 is 14.8 Å². The van der Waals surface area contributed by atoms with Gasteiger partial charge >= 0.3 is 0 Å². The summed E-state index contributed by atoms with van der Waals surface area (Å²) in [6.45, 7) is 1.94. The number of anilines is 2. The van der Waals surface area contributed by atoms with Crippen LogP contribution >= 0.6 is 12.2 Å². The summed E-state index contributed by atoms with van der Waals surface area (Å²) in [5.74, 6) is -1.65. The van der Waals surface area contributed by atoms with Gasteiger partial charge in [0.05, 0.1) is 25.6 Å². The Balaban J connectivity index is 1.34. The minimum Gasteiger partial charge on any atom is -0.493 e. The molecule has 228 valence electrons. The minimum absolute atomic E-state index is 0.00755. The smallest absolute Gasteiger partial charge is 0.270 e. The van der Waals surface area contributed by atoms with Crippen LogP contribution in [-0.4, -0.2) is 54.8 Å². The Hall–Kier alpha value is -5.55. The summed E-state index contributed by atoms with van der Waals surface area (Å²) < 4.78 is 10.6. The van der Waals surface area contributed by atoms with E-state index in [1.165, 1.54) is 4.90 Å². The zero-order valence-electron chi connectivity index (χ0n) is 24.9. The van der Waals surface area contributed by atoms with E-state index < -0.39 is 23.6 Å². The fraction of sp³-hybridized carbons (Fsp3) is 0.147. The third-order valence-electron chi connectivity index (χ3n) is 7.19. The molecule has 0 bridgehead atoms. The van der Waals surface area contributed by atoms with Crippen molar-refractivity contribution in [3.63, 3.8) is 0 Å². The van der Waals surface area contributed by atoms with Crippen molar-refractivity contribution in [2.45, 2.75) is 6.92 Å². The number of thiocarbonyl (C=S) groups is 1. The zero-order valence-corrected chi connectivity index (χ0v) is 25.7. The number of ether oxygens (including phenoxy) is 2. The predicted molar refractivity (Wildman–Crippen MR) is 177 cm³/mol. The number of nitrogens with one attached hydrogen (secondary N) is 2. The maximum Gasteiger partial charge on any atom is 0.270 e. The van der Waals surface area contributed by atoms with E-state index in [4.69, 9.17) is 21.7 Å². The molecular formula is C34H31N5O5S. The molecule has 0 aromatic heterocycles. The monoisotopic (exact) mass is 621 g/mol. The maximum atomic E-state index is 13.7. The van der Waals surface area contributed by atoms with E-state index in [0.29, 0.717) is 22.9 Å². The molecule has 1 fully saturated rings. The molecule has 0 spiro atoms. The summed E-state index contributed by atoms with van der Waals surface area (Å²) in [5, 5.41) is 4.03. The number of aliphatic imine (C=N–C) groups is 1. The number of hydrogen-bond acceptors (Lipinski definition) is 8. The first kappa shape index (κ1) is 30.9. The van der Waals surface area contributed by atoms with Crippen molar-refractivity contribution in [1.82, 2.24) is 10.4 Å². The van der Waals surface area contributed by atoms with Crippen molar-refractivity contribution in [2.24, 2.45) is 10.9 Å². The number of amides is 3. The highest BCUT2D eigenvalue weighted by molar-refractivity contribution is 7.80. The molecule has 2 N–H and O–H groups in total. The van der Waals surface area contributed by atoms with Gasteiger partial charge in [0, 0.05) is 24.0 Å². The molecule has 1 unspecified atom stereocenters. The molecule has 1 heterocycles. The van der Waals surface area contributed by atoms with Gasteiger partial charge in [-0.05, 0) is 90.9 Å². The quantitative estimate of drug-likeness (QED) is 0.141.